The largest absolute Gasteiger partial charge is 0.481 e. The average molecular weight is 387 g/mol. The number of aryl methyl sites for hydroxylation is 2. The van der Waals surface area contributed by atoms with E-state index in [4.69, 9.17) is 5.11 Å². The van der Waals surface area contributed by atoms with E-state index in [1.54, 1.807) is 11.3 Å². The molecule has 5 nitrogen and oxygen atoms in total. The van der Waals surface area contributed by atoms with Gasteiger partial charge in [-0.1, -0.05) is 25.5 Å². The van der Waals surface area contributed by atoms with Gasteiger partial charge in [0.05, 0.1) is 0 Å². The monoisotopic (exact) mass is 386 g/mol. The normalized spacial score (nSPS) is 13.7. The van der Waals surface area contributed by atoms with E-state index in [2.05, 4.69) is 16.8 Å². The van der Waals surface area contributed by atoms with Crippen LogP contribution >= 0.6 is 11.3 Å². The quantitative estimate of drug-likeness (QED) is 0.717. The van der Waals surface area contributed by atoms with Crippen LogP contribution in [0.15, 0.2) is 29.1 Å². The summed E-state index contributed by atoms with van der Waals surface area (Å²) in [5, 5.41) is 9.60. The van der Waals surface area contributed by atoms with Gasteiger partial charge in [0, 0.05) is 29.1 Å². The molecule has 2 aromatic rings. The number of anilines is 2. The molecule has 1 aliphatic carbocycles. The summed E-state index contributed by atoms with van der Waals surface area (Å²) < 4.78 is 0. The minimum Gasteiger partial charge on any atom is -0.481 e. The number of carbonyl (C=O) groups is 1. The number of aliphatic carboxylic acids is 1. The lowest BCUT2D eigenvalue weighted by Gasteiger charge is -2.23. The Labute approximate surface area is 163 Å². The van der Waals surface area contributed by atoms with E-state index >= 15 is 0 Å². The molecule has 0 spiro atoms. The summed E-state index contributed by atoms with van der Waals surface area (Å²) in [7, 11) is 0. The van der Waals surface area contributed by atoms with Crippen molar-refractivity contribution in [2.24, 2.45) is 0 Å². The highest BCUT2D eigenvalue weighted by molar-refractivity contribution is 7.15. The van der Waals surface area contributed by atoms with Crippen LogP contribution in [-0.2, 0) is 24.1 Å². The molecular formula is C21H26N2O3S. The molecule has 27 heavy (non-hydrogen) atoms. The van der Waals surface area contributed by atoms with Crippen molar-refractivity contribution in [2.75, 3.05) is 11.4 Å². The fourth-order valence-corrected chi connectivity index (χ4v) is 4.66. The molecule has 0 bridgehead atoms. The van der Waals surface area contributed by atoms with Crippen LogP contribution in [0.1, 0.15) is 55.0 Å². The van der Waals surface area contributed by atoms with Crippen molar-refractivity contribution in [3.8, 4) is 0 Å². The van der Waals surface area contributed by atoms with Gasteiger partial charge in [-0.05, 0) is 56.2 Å². The molecule has 1 aromatic carbocycles. The van der Waals surface area contributed by atoms with E-state index < -0.39 is 5.97 Å². The third kappa shape index (κ3) is 4.95. The van der Waals surface area contributed by atoms with Crippen LogP contribution in [0.25, 0.3) is 0 Å². The fraction of sp³-hybridized carbons (Fsp3) is 0.476. The molecule has 0 saturated carbocycles. The Kier molecular flexibility index (Phi) is 6.61. The number of carboxylic acid groups (broad SMARTS) is 1. The molecule has 3 rings (SSSR count). The van der Waals surface area contributed by atoms with Crippen molar-refractivity contribution >= 4 is 28.1 Å². The molecule has 1 N–H and O–H groups in total. The van der Waals surface area contributed by atoms with E-state index in [9.17, 15) is 9.59 Å². The van der Waals surface area contributed by atoms with Crippen molar-refractivity contribution in [1.29, 1.82) is 0 Å². The first-order valence-corrected chi connectivity index (χ1v) is 10.5. The van der Waals surface area contributed by atoms with E-state index in [0.717, 1.165) is 60.6 Å². The highest BCUT2D eigenvalue weighted by Gasteiger charge is 2.18. The lowest BCUT2D eigenvalue weighted by Crippen LogP contribution is -2.23. The van der Waals surface area contributed by atoms with Gasteiger partial charge in [-0.3, -0.25) is 9.59 Å². The van der Waals surface area contributed by atoms with Crippen LogP contribution in [0, 0.1) is 0 Å². The van der Waals surface area contributed by atoms with Crippen molar-refractivity contribution in [3.63, 3.8) is 0 Å². The third-order valence-corrected chi connectivity index (χ3v) is 6.08. The Hall–Kier alpha value is -2.21. The summed E-state index contributed by atoms with van der Waals surface area (Å²) in [6, 6.07) is 7.93. The summed E-state index contributed by atoms with van der Waals surface area (Å²) in [5.41, 5.74) is 2.84. The number of hydrogen-bond acceptors (Lipinski definition) is 5. The lowest BCUT2D eigenvalue weighted by atomic mass is 10.1. The van der Waals surface area contributed by atoms with Crippen molar-refractivity contribution in [2.45, 2.75) is 58.3 Å². The van der Waals surface area contributed by atoms with Gasteiger partial charge in [0.1, 0.15) is 0 Å². The van der Waals surface area contributed by atoms with Gasteiger partial charge in [0.2, 0.25) is 0 Å². The zero-order chi connectivity index (χ0) is 19.2. The second kappa shape index (κ2) is 9.13. The summed E-state index contributed by atoms with van der Waals surface area (Å²) >= 11 is 1.65. The number of benzene rings is 1. The molecule has 0 radical (unpaired) electrons. The summed E-state index contributed by atoms with van der Waals surface area (Å²) in [4.78, 5) is 31.1. The zero-order valence-electron chi connectivity index (χ0n) is 15.7. The first-order valence-electron chi connectivity index (χ1n) is 9.69. The topological polar surface area (TPSA) is 70.5 Å². The number of rotatable bonds is 7. The van der Waals surface area contributed by atoms with Crippen LogP contribution < -0.4 is 10.5 Å². The molecule has 0 amide bonds. The first-order chi connectivity index (χ1) is 13.1. The molecule has 1 aliphatic rings. The Morgan fingerprint density at radius 2 is 1.93 bits per heavy atom. The van der Waals surface area contributed by atoms with E-state index in [1.807, 2.05) is 24.3 Å². The lowest BCUT2D eigenvalue weighted by molar-refractivity contribution is -0.136. The number of nitrogens with zero attached hydrogens (tertiary/aromatic N) is 2. The fourth-order valence-electron chi connectivity index (χ4n) is 3.45. The van der Waals surface area contributed by atoms with Crippen LogP contribution in [0.5, 0.6) is 0 Å². The number of aromatic nitrogens is 1. The SMILES string of the molecule is CCCN(c1ccc(CCC(=O)O)cc1)c1nc(=O)c2c(s1)CCCCC2. The second-order valence-electron chi connectivity index (χ2n) is 6.98. The Morgan fingerprint density at radius 1 is 1.19 bits per heavy atom. The molecule has 6 heteroatoms. The van der Waals surface area contributed by atoms with Gasteiger partial charge < -0.3 is 10.0 Å². The van der Waals surface area contributed by atoms with Crippen molar-refractivity contribution in [3.05, 3.63) is 50.6 Å². The predicted molar refractivity (Wildman–Crippen MR) is 109 cm³/mol. The number of fused-ring (bicyclic) bond motifs is 1. The van der Waals surface area contributed by atoms with Crippen LogP contribution in [0.4, 0.5) is 10.8 Å². The summed E-state index contributed by atoms with van der Waals surface area (Å²) in [5.74, 6) is -0.786. The Morgan fingerprint density at radius 3 is 2.63 bits per heavy atom. The molecule has 0 unspecified atom stereocenters. The molecule has 0 fully saturated rings. The minimum absolute atomic E-state index is 0.0696. The number of hydrogen-bond donors (Lipinski definition) is 1. The maximum absolute atomic E-state index is 12.6. The first kappa shape index (κ1) is 19.5. The summed E-state index contributed by atoms with van der Waals surface area (Å²) in [6.45, 7) is 2.90. The van der Waals surface area contributed by atoms with Crippen LogP contribution in [0.3, 0.4) is 0 Å². The van der Waals surface area contributed by atoms with Crippen LogP contribution in [-0.4, -0.2) is 22.6 Å². The highest BCUT2D eigenvalue weighted by atomic mass is 32.1. The van der Waals surface area contributed by atoms with Crippen molar-refractivity contribution in [1.82, 2.24) is 4.98 Å². The molecule has 1 heterocycles. The predicted octanol–water partition coefficient (Wildman–Crippen LogP) is 4.34. The van der Waals surface area contributed by atoms with Gasteiger partial charge >= 0.3 is 5.97 Å². The van der Waals surface area contributed by atoms with E-state index in [-0.39, 0.29) is 12.0 Å². The maximum atomic E-state index is 12.6. The Balaban J connectivity index is 1.89. The average Bonchev–Trinajstić information content (AvgIpc) is 2.91. The number of carboxylic acids is 1. The second-order valence-corrected chi connectivity index (χ2v) is 8.04. The maximum Gasteiger partial charge on any atom is 0.303 e. The van der Waals surface area contributed by atoms with E-state index in [0.29, 0.717) is 6.42 Å². The van der Waals surface area contributed by atoms with Gasteiger partial charge in [0.15, 0.2) is 5.13 Å². The van der Waals surface area contributed by atoms with Gasteiger partial charge in [-0.25, -0.2) is 0 Å². The van der Waals surface area contributed by atoms with E-state index in [1.165, 1.54) is 11.3 Å². The van der Waals surface area contributed by atoms with Crippen molar-refractivity contribution < 1.29 is 9.90 Å². The minimum atomic E-state index is -0.786. The smallest absolute Gasteiger partial charge is 0.303 e. The summed E-state index contributed by atoms with van der Waals surface area (Å²) in [6.07, 6.45) is 6.81. The molecule has 0 saturated heterocycles. The standard InChI is InChI=1S/C21H26N2O3S/c1-2-14-23(16-11-8-15(9-12-16)10-13-19(24)25)21-22-20(26)17-6-4-3-5-7-18(17)27-21/h8-9,11-12H,2-7,10,13-14H2,1H3,(H,24,25). The molecule has 1 aromatic heterocycles. The molecule has 0 atom stereocenters. The highest BCUT2D eigenvalue weighted by Crippen LogP contribution is 2.31. The van der Waals surface area contributed by atoms with Crippen LogP contribution in [0.2, 0.25) is 0 Å². The van der Waals surface area contributed by atoms with Gasteiger partial charge in [-0.2, -0.15) is 4.98 Å². The Bertz CT molecular complexity index is 845. The molecule has 144 valence electrons. The van der Waals surface area contributed by atoms with Gasteiger partial charge in [-0.15, -0.1) is 11.3 Å². The zero-order valence-corrected chi connectivity index (χ0v) is 16.6. The molecular weight excluding hydrogens is 360 g/mol. The molecule has 0 aliphatic heterocycles. The third-order valence-electron chi connectivity index (χ3n) is 4.89. The van der Waals surface area contributed by atoms with Gasteiger partial charge in [0.25, 0.3) is 5.56 Å².